The molecule has 3 aromatic rings. The molecular formula is C32H41N3O4S. The van der Waals surface area contributed by atoms with E-state index >= 15 is 0 Å². The zero-order valence-corrected chi connectivity index (χ0v) is 25.0. The van der Waals surface area contributed by atoms with Gasteiger partial charge in [0.2, 0.25) is 15.9 Å². The van der Waals surface area contributed by atoms with Crippen LogP contribution in [-0.4, -0.2) is 32.3 Å². The van der Waals surface area contributed by atoms with Gasteiger partial charge < -0.3 is 10.6 Å². The van der Waals surface area contributed by atoms with E-state index in [1.807, 2.05) is 25.1 Å². The minimum absolute atomic E-state index is 0.0363. The van der Waals surface area contributed by atoms with Crippen molar-refractivity contribution in [2.24, 2.45) is 0 Å². The highest BCUT2D eigenvalue weighted by molar-refractivity contribution is 7.89. The van der Waals surface area contributed by atoms with Crippen LogP contribution in [0.5, 0.6) is 0 Å². The molecular weight excluding hydrogens is 522 g/mol. The van der Waals surface area contributed by atoms with Gasteiger partial charge >= 0.3 is 0 Å². The van der Waals surface area contributed by atoms with Crippen LogP contribution >= 0.6 is 0 Å². The molecule has 3 aromatic carbocycles. The van der Waals surface area contributed by atoms with Gasteiger partial charge in [-0.2, -0.15) is 0 Å². The number of nitrogens with one attached hydrogen (secondary N) is 3. The van der Waals surface area contributed by atoms with Gasteiger partial charge in [-0.15, -0.1) is 0 Å². The summed E-state index contributed by atoms with van der Waals surface area (Å²) in [5.74, 6) is -0.332. The van der Waals surface area contributed by atoms with Gasteiger partial charge in [-0.25, -0.2) is 13.1 Å². The summed E-state index contributed by atoms with van der Waals surface area (Å²) in [6, 6.07) is 19.3. The minimum atomic E-state index is -3.76. The molecule has 0 aliphatic carbocycles. The number of rotatable bonds is 12. The average molecular weight is 564 g/mol. The van der Waals surface area contributed by atoms with Crippen LogP contribution in [0.15, 0.2) is 71.6 Å². The average Bonchev–Trinajstić information content (AvgIpc) is 2.87. The van der Waals surface area contributed by atoms with Gasteiger partial charge in [0.25, 0.3) is 5.91 Å². The highest BCUT2D eigenvalue weighted by atomic mass is 32.2. The van der Waals surface area contributed by atoms with E-state index in [0.29, 0.717) is 28.9 Å². The normalized spacial score (nSPS) is 11.7. The molecule has 214 valence electrons. The van der Waals surface area contributed by atoms with Gasteiger partial charge in [-0.3, -0.25) is 9.59 Å². The molecule has 7 nitrogen and oxygen atoms in total. The van der Waals surface area contributed by atoms with E-state index in [0.717, 1.165) is 30.4 Å². The molecule has 3 N–H and O–H groups in total. The fraction of sp³-hybridized carbons (Fsp3) is 0.375. The molecule has 0 spiro atoms. The van der Waals surface area contributed by atoms with Crippen molar-refractivity contribution in [1.29, 1.82) is 0 Å². The molecule has 0 aliphatic rings. The van der Waals surface area contributed by atoms with Crippen LogP contribution in [0.4, 0.5) is 5.69 Å². The Morgan fingerprint density at radius 1 is 0.875 bits per heavy atom. The quantitative estimate of drug-likeness (QED) is 0.227. The summed E-state index contributed by atoms with van der Waals surface area (Å²) in [7, 11) is -3.76. The highest BCUT2D eigenvalue weighted by Crippen LogP contribution is 2.30. The van der Waals surface area contributed by atoms with Gasteiger partial charge in [-0.1, -0.05) is 68.1 Å². The zero-order valence-electron chi connectivity index (χ0n) is 24.1. The van der Waals surface area contributed by atoms with E-state index < -0.39 is 15.6 Å². The Labute approximate surface area is 238 Å². The standard InChI is InChI=1S/C32H41N3O4S/c1-6-7-8-9-19-33-30(36)22-24-11-10-12-27(21-24)34-31(37)26-16-14-25(15-17-26)28-20-23(2)13-18-29(28)40(38,39)35-32(3,4)5/h10-18,20-21,35H,6-9,19,22H2,1-5H3,(H,33,36)(H,34,37). The van der Waals surface area contributed by atoms with E-state index in [-0.39, 0.29) is 23.1 Å². The Balaban J connectivity index is 1.70. The second-order valence-corrected chi connectivity index (χ2v) is 12.8. The van der Waals surface area contributed by atoms with Crippen LogP contribution in [0.1, 0.15) is 74.9 Å². The third-order valence-corrected chi connectivity index (χ3v) is 8.04. The van der Waals surface area contributed by atoms with Crippen LogP contribution < -0.4 is 15.4 Å². The number of hydrogen-bond acceptors (Lipinski definition) is 4. The molecule has 0 unspecified atom stereocenters. The molecule has 0 heterocycles. The summed E-state index contributed by atoms with van der Waals surface area (Å²) in [6.07, 6.45) is 4.66. The number of hydrogen-bond donors (Lipinski definition) is 3. The van der Waals surface area contributed by atoms with Gasteiger partial charge in [0.15, 0.2) is 0 Å². The first-order valence-electron chi connectivity index (χ1n) is 13.8. The van der Waals surface area contributed by atoms with Crippen LogP contribution in [0.25, 0.3) is 11.1 Å². The first-order chi connectivity index (χ1) is 18.9. The van der Waals surface area contributed by atoms with Crippen molar-refractivity contribution >= 4 is 27.5 Å². The molecule has 3 rings (SSSR count). The summed E-state index contributed by atoms with van der Waals surface area (Å²) >= 11 is 0. The SMILES string of the molecule is CCCCCCNC(=O)Cc1cccc(NC(=O)c2ccc(-c3cc(C)ccc3S(=O)(=O)NC(C)(C)C)cc2)c1. The molecule has 8 heteroatoms. The van der Waals surface area contributed by atoms with E-state index in [1.165, 1.54) is 6.42 Å². The van der Waals surface area contributed by atoms with Crippen molar-refractivity contribution in [3.63, 3.8) is 0 Å². The predicted octanol–water partition coefficient (Wildman–Crippen LogP) is 6.23. The van der Waals surface area contributed by atoms with Crippen LogP contribution in [-0.2, 0) is 21.2 Å². The second-order valence-electron chi connectivity index (χ2n) is 11.2. The third kappa shape index (κ3) is 9.31. The predicted molar refractivity (Wildman–Crippen MR) is 162 cm³/mol. The molecule has 0 aliphatic heterocycles. The fourth-order valence-electron chi connectivity index (χ4n) is 4.35. The monoisotopic (exact) mass is 563 g/mol. The molecule has 0 aromatic heterocycles. The fourth-order valence-corrected chi connectivity index (χ4v) is 5.98. The van der Waals surface area contributed by atoms with Crippen LogP contribution in [0, 0.1) is 6.92 Å². The first kappa shape index (κ1) is 31.0. The molecule has 0 saturated carbocycles. The Hall–Kier alpha value is -3.49. The number of carbonyl (C=O) groups is 2. The molecule has 0 bridgehead atoms. The maximum Gasteiger partial charge on any atom is 0.255 e. The number of carbonyl (C=O) groups excluding carboxylic acids is 2. The lowest BCUT2D eigenvalue weighted by molar-refractivity contribution is -0.120. The summed E-state index contributed by atoms with van der Waals surface area (Å²) in [4.78, 5) is 25.4. The highest BCUT2D eigenvalue weighted by Gasteiger charge is 2.25. The maximum atomic E-state index is 13.1. The second kappa shape index (κ2) is 13.7. The maximum absolute atomic E-state index is 13.1. The Morgan fingerprint density at radius 2 is 1.60 bits per heavy atom. The number of amides is 2. The van der Waals surface area contributed by atoms with E-state index in [4.69, 9.17) is 0 Å². The lowest BCUT2D eigenvalue weighted by Crippen LogP contribution is -2.40. The number of unbranched alkanes of at least 4 members (excludes halogenated alkanes) is 3. The van der Waals surface area contributed by atoms with Gasteiger partial charge in [0, 0.05) is 28.9 Å². The Bertz CT molecular complexity index is 1430. The lowest BCUT2D eigenvalue weighted by atomic mass is 10.0. The number of anilines is 1. The molecule has 2 amide bonds. The van der Waals surface area contributed by atoms with Crippen molar-refractivity contribution in [1.82, 2.24) is 10.0 Å². The van der Waals surface area contributed by atoms with Crippen molar-refractivity contribution in [3.8, 4) is 11.1 Å². The largest absolute Gasteiger partial charge is 0.356 e. The number of aryl methyl sites for hydroxylation is 1. The summed E-state index contributed by atoms with van der Waals surface area (Å²) in [5.41, 5.74) is 3.41. The molecule has 0 fully saturated rings. The Kier molecular flexibility index (Phi) is 10.7. The minimum Gasteiger partial charge on any atom is -0.356 e. The first-order valence-corrected chi connectivity index (χ1v) is 15.3. The van der Waals surface area contributed by atoms with Crippen molar-refractivity contribution < 1.29 is 18.0 Å². The summed E-state index contributed by atoms with van der Waals surface area (Å²) in [6.45, 7) is 10.1. The molecule has 0 atom stereocenters. The topological polar surface area (TPSA) is 104 Å². The van der Waals surface area contributed by atoms with Crippen molar-refractivity contribution in [3.05, 3.63) is 83.4 Å². The number of sulfonamides is 1. The lowest BCUT2D eigenvalue weighted by Gasteiger charge is -2.22. The van der Waals surface area contributed by atoms with Gasteiger partial charge in [-0.05, 0) is 75.6 Å². The zero-order chi connectivity index (χ0) is 29.3. The van der Waals surface area contributed by atoms with Gasteiger partial charge in [0.1, 0.15) is 0 Å². The van der Waals surface area contributed by atoms with Crippen LogP contribution in [0.3, 0.4) is 0 Å². The summed E-state index contributed by atoms with van der Waals surface area (Å²) in [5, 5.41) is 5.85. The van der Waals surface area contributed by atoms with Crippen molar-refractivity contribution in [2.75, 3.05) is 11.9 Å². The van der Waals surface area contributed by atoms with Crippen molar-refractivity contribution in [2.45, 2.75) is 77.2 Å². The van der Waals surface area contributed by atoms with E-state index in [1.54, 1.807) is 69.3 Å². The van der Waals surface area contributed by atoms with E-state index in [9.17, 15) is 18.0 Å². The van der Waals surface area contributed by atoms with E-state index in [2.05, 4.69) is 22.3 Å². The summed E-state index contributed by atoms with van der Waals surface area (Å²) < 4.78 is 28.9. The van der Waals surface area contributed by atoms with Gasteiger partial charge in [0.05, 0.1) is 11.3 Å². The van der Waals surface area contributed by atoms with Crippen LogP contribution in [0.2, 0.25) is 0 Å². The molecule has 0 radical (unpaired) electrons. The number of benzene rings is 3. The smallest absolute Gasteiger partial charge is 0.255 e. The Morgan fingerprint density at radius 3 is 2.27 bits per heavy atom. The molecule has 40 heavy (non-hydrogen) atoms. The molecule has 0 saturated heterocycles. The third-order valence-electron chi connectivity index (χ3n) is 6.23.